The zero-order valence-corrected chi connectivity index (χ0v) is 12.8. The Bertz CT molecular complexity index is 526. The summed E-state index contributed by atoms with van der Waals surface area (Å²) in [5.41, 5.74) is 0.759. The predicted octanol–water partition coefficient (Wildman–Crippen LogP) is 2.74. The number of hydrogen-bond acceptors (Lipinski definition) is 2. The van der Waals surface area contributed by atoms with E-state index in [1.807, 2.05) is 30.3 Å². The lowest BCUT2D eigenvalue weighted by molar-refractivity contribution is -0.125. The molecule has 1 saturated heterocycles. The van der Waals surface area contributed by atoms with Crippen LogP contribution in [0.5, 0.6) is 0 Å². The second-order valence-electron chi connectivity index (χ2n) is 6.14. The number of hydrogen-bond donors (Lipinski definition) is 2. The van der Waals surface area contributed by atoms with Gasteiger partial charge in [-0.3, -0.25) is 4.79 Å². The van der Waals surface area contributed by atoms with Gasteiger partial charge in [0.2, 0.25) is 5.91 Å². The van der Waals surface area contributed by atoms with Crippen molar-refractivity contribution in [3.63, 3.8) is 0 Å². The van der Waals surface area contributed by atoms with Crippen LogP contribution in [-0.4, -0.2) is 35.5 Å². The van der Waals surface area contributed by atoms with E-state index in [4.69, 9.17) is 0 Å². The molecule has 5 nitrogen and oxygen atoms in total. The zero-order valence-electron chi connectivity index (χ0n) is 12.8. The summed E-state index contributed by atoms with van der Waals surface area (Å²) in [6.07, 6.45) is 6.14. The Morgan fingerprint density at radius 1 is 1.00 bits per heavy atom. The quantitative estimate of drug-likeness (QED) is 0.902. The molecule has 1 atom stereocenters. The molecular formula is C17H23N3O2. The summed E-state index contributed by atoms with van der Waals surface area (Å²) >= 11 is 0. The average Bonchev–Trinajstić information content (AvgIpc) is 3.19. The minimum Gasteiger partial charge on any atom is -0.352 e. The molecule has 1 aliphatic carbocycles. The highest BCUT2D eigenvalue weighted by Crippen LogP contribution is 2.22. The van der Waals surface area contributed by atoms with Crippen LogP contribution >= 0.6 is 0 Å². The molecule has 0 bridgehead atoms. The second kappa shape index (κ2) is 6.81. The number of para-hydroxylation sites is 1. The Balaban J connectivity index is 1.59. The lowest BCUT2D eigenvalue weighted by atomic mass is 10.1. The van der Waals surface area contributed by atoms with Gasteiger partial charge in [0.05, 0.1) is 0 Å². The smallest absolute Gasteiger partial charge is 0.322 e. The van der Waals surface area contributed by atoms with Gasteiger partial charge in [-0.1, -0.05) is 31.0 Å². The van der Waals surface area contributed by atoms with E-state index < -0.39 is 0 Å². The summed E-state index contributed by atoms with van der Waals surface area (Å²) in [5.74, 6) is 0.00705. The van der Waals surface area contributed by atoms with Crippen LogP contribution in [0.2, 0.25) is 0 Å². The van der Waals surface area contributed by atoms with E-state index in [2.05, 4.69) is 10.6 Å². The van der Waals surface area contributed by atoms with Gasteiger partial charge in [0.25, 0.3) is 0 Å². The number of anilines is 1. The van der Waals surface area contributed by atoms with Crippen molar-refractivity contribution in [3.05, 3.63) is 30.3 Å². The van der Waals surface area contributed by atoms with Crippen molar-refractivity contribution in [1.82, 2.24) is 10.2 Å². The third-order valence-electron chi connectivity index (χ3n) is 4.54. The highest BCUT2D eigenvalue weighted by atomic mass is 16.2. The third kappa shape index (κ3) is 3.40. The highest BCUT2D eigenvalue weighted by molar-refractivity contribution is 5.94. The Labute approximate surface area is 131 Å². The van der Waals surface area contributed by atoms with Crippen molar-refractivity contribution in [1.29, 1.82) is 0 Å². The molecule has 0 radical (unpaired) electrons. The molecule has 1 aliphatic heterocycles. The SMILES string of the molecule is O=C(NC1CCCC1)[C@@H]1CCCN1C(=O)Nc1ccccc1. The van der Waals surface area contributed by atoms with E-state index in [1.54, 1.807) is 4.90 Å². The molecule has 1 aromatic carbocycles. The van der Waals surface area contributed by atoms with Crippen molar-refractivity contribution in [2.75, 3.05) is 11.9 Å². The van der Waals surface area contributed by atoms with Gasteiger partial charge in [0.1, 0.15) is 6.04 Å². The molecular weight excluding hydrogens is 278 g/mol. The van der Waals surface area contributed by atoms with Crippen LogP contribution in [-0.2, 0) is 4.79 Å². The summed E-state index contributed by atoms with van der Waals surface area (Å²) < 4.78 is 0. The predicted molar refractivity (Wildman–Crippen MR) is 85.6 cm³/mol. The van der Waals surface area contributed by atoms with Crippen LogP contribution in [0.25, 0.3) is 0 Å². The first kappa shape index (κ1) is 14.9. The van der Waals surface area contributed by atoms with Crippen LogP contribution < -0.4 is 10.6 Å². The Kier molecular flexibility index (Phi) is 4.61. The van der Waals surface area contributed by atoms with E-state index in [0.717, 1.165) is 31.4 Å². The van der Waals surface area contributed by atoms with Gasteiger partial charge in [-0.05, 0) is 37.8 Å². The van der Waals surface area contributed by atoms with Crippen LogP contribution in [0.1, 0.15) is 38.5 Å². The van der Waals surface area contributed by atoms with Crippen molar-refractivity contribution in [2.24, 2.45) is 0 Å². The fourth-order valence-corrected chi connectivity index (χ4v) is 3.37. The number of benzene rings is 1. The minimum atomic E-state index is -0.329. The molecule has 3 rings (SSSR count). The molecule has 3 amide bonds. The van der Waals surface area contributed by atoms with Crippen LogP contribution in [0.3, 0.4) is 0 Å². The molecule has 118 valence electrons. The molecule has 0 unspecified atom stereocenters. The summed E-state index contributed by atoms with van der Waals surface area (Å²) in [4.78, 5) is 26.5. The number of amides is 3. The first-order valence-electron chi connectivity index (χ1n) is 8.17. The zero-order chi connectivity index (χ0) is 15.4. The summed E-state index contributed by atoms with van der Waals surface area (Å²) in [7, 11) is 0. The Morgan fingerprint density at radius 3 is 2.45 bits per heavy atom. The largest absolute Gasteiger partial charge is 0.352 e. The van der Waals surface area contributed by atoms with Gasteiger partial charge in [-0.25, -0.2) is 4.79 Å². The standard InChI is InChI=1S/C17H23N3O2/c21-16(18-13-9-4-5-10-13)15-11-6-12-20(15)17(22)19-14-7-2-1-3-8-14/h1-3,7-8,13,15H,4-6,9-12H2,(H,18,21)(H,19,22)/t15-/m0/s1. The number of nitrogens with one attached hydrogen (secondary N) is 2. The van der Waals surface area contributed by atoms with E-state index >= 15 is 0 Å². The Hall–Kier alpha value is -2.04. The molecule has 2 fully saturated rings. The van der Waals surface area contributed by atoms with Gasteiger partial charge in [-0.15, -0.1) is 0 Å². The van der Waals surface area contributed by atoms with Crippen LogP contribution in [0.15, 0.2) is 30.3 Å². The first-order valence-corrected chi connectivity index (χ1v) is 8.17. The average molecular weight is 301 g/mol. The number of rotatable bonds is 3. The fraction of sp³-hybridized carbons (Fsp3) is 0.529. The van der Waals surface area contributed by atoms with Gasteiger partial charge >= 0.3 is 6.03 Å². The Morgan fingerprint density at radius 2 is 1.73 bits per heavy atom. The third-order valence-corrected chi connectivity index (χ3v) is 4.54. The molecule has 2 aliphatic rings. The molecule has 1 heterocycles. The maximum absolute atomic E-state index is 12.4. The van der Waals surface area contributed by atoms with E-state index in [0.29, 0.717) is 12.6 Å². The van der Waals surface area contributed by atoms with Crippen LogP contribution in [0, 0.1) is 0 Å². The maximum Gasteiger partial charge on any atom is 0.322 e. The van der Waals surface area contributed by atoms with Gasteiger partial charge in [0.15, 0.2) is 0 Å². The molecule has 2 N–H and O–H groups in total. The van der Waals surface area contributed by atoms with E-state index in [-0.39, 0.29) is 18.0 Å². The number of urea groups is 1. The van der Waals surface area contributed by atoms with Crippen molar-refractivity contribution < 1.29 is 9.59 Å². The molecule has 5 heteroatoms. The molecule has 1 saturated carbocycles. The van der Waals surface area contributed by atoms with Crippen molar-refractivity contribution in [2.45, 2.75) is 50.6 Å². The summed E-state index contributed by atoms with van der Waals surface area (Å²) in [5, 5.41) is 5.98. The number of nitrogens with zero attached hydrogens (tertiary/aromatic N) is 1. The number of carbonyl (C=O) groups excluding carboxylic acids is 2. The molecule has 1 aromatic rings. The molecule has 0 spiro atoms. The summed E-state index contributed by atoms with van der Waals surface area (Å²) in [6.45, 7) is 0.640. The monoisotopic (exact) mass is 301 g/mol. The van der Waals surface area contributed by atoms with Crippen molar-refractivity contribution >= 4 is 17.6 Å². The fourth-order valence-electron chi connectivity index (χ4n) is 3.37. The molecule has 22 heavy (non-hydrogen) atoms. The van der Waals surface area contributed by atoms with Crippen molar-refractivity contribution in [3.8, 4) is 0 Å². The van der Waals surface area contributed by atoms with E-state index in [9.17, 15) is 9.59 Å². The topological polar surface area (TPSA) is 61.4 Å². The summed E-state index contributed by atoms with van der Waals surface area (Å²) in [6, 6.07) is 9.15. The molecule has 0 aromatic heterocycles. The minimum absolute atomic E-state index is 0.00705. The van der Waals surface area contributed by atoms with Crippen LogP contribution in [0.4, 0.5) is 10.5 Å². The lowest BCUT2D eigenvalue weighted by Gasteiger charge is -2.25. The van der Waals surface area contributed by atoms with Gasteiger partial charge < -0.3 is 15.5 Å². The second-order valence-corrected chi connectivity index (χ2v) is 6.14. The first-order chi connectivity index (χ1) is 10.7. The number of carbonyl (C=O) groups is 2. The highest BCUT2D eigenvalue weighted by Gasteiger charge is 2.35. The van der Waals surface area contributed by atoms with Gasteiger partial charge in [-0.2, -0.15) is 0 Å². The number of likely N-dealkylation sites (tertiary alicyclic amines) is 1. The maximum atomic E-state index is 12.4. The normalized spacial score (nSPS) is 21.8. The lowest BCUT2D eigenvalue weighted by Crippen LogP contribution is -2.49. The van der Waals surface area contributed by atoms with E-state index in [1.165, 1.54) is 12.8 Å². The van der Waals surface area contributed by atoms with Gasteiger partial charge in [0, 0.05) is 18.3 Å².